The standard InChI is InChI=1S/C16H17F3N4O4/c1-9-12(10(2)27-22-9)8-21-15(24)5-6-20-13-4-3-11(16(17,18)19)7-14(13)23(25)26/h3-4,7,20H,5-6,8H2,1-2H3,(H,21,24). The summed E-state index contributed by atoms with van der Waals surface area (Å²) in [5.74, 6) is 0.253. The Morgan fingerprint density at radius 1 is 1.33 bits per heavy atom. The predicted octanol–water partition coefficient (Wildman–Crippen LogP) is 3.34. The molecule has 2 aromatic rings. The van der Waals surface area contributed by atoms with Crippen molar-refractivity contribution in [3.05, 3.63) is 50.9 Å². The fourth-order valence-corrected chi connectivity index (χ4v) is 2.35. The van der Waals surface area contributed by atoms with Crippen LogP contribution in [-0.2, 0) is 17.5 Å². The predicted molar refractivity (Wildman–Crippen MR) is 89.0 cm³/mol. The van der Waals surface area contributed by atoms with Crippen molar-refractivity contribution >= 4 is 17.3 Å². The molecule has 2 N–H and O–H groups in total. The summed E-state index contributed by atoms with van der Waals surface area (Å²) >= 11 is 0. The summed E-state index contributed by atoms with van der Waals surface area (Å²) in [6, 6.07) is 2.18. The molecule has 2 rings (SSSR count). The van der Waals surface area contributed by atoms with E-state index in [1.165, 1.54) is 0 Å². The number of aryl methyl sites for hydroxylation is 2. The number of aromatic nitrogens is 1. The highest BCUT2D eigenvalue weighted by atomic mass is 19.4. The summed E-state index contributed by atoms with van der Waals surface area (Å²) in [4.78, 5) is 22.0. The number of alkyl halides is 3. The van der Waals surface area contributed by atoms with Crippen LogP contribution in [0.5, 0.6) is 0 Å². The van der Waals surface area contributed by atoms with Crippen LogP contribution in [0.15, 0.2) is 22.7 Å². The molecule has 0 saturated carbocycles. The summed E-state index contributed by atoms with van der Waals surface area (Å²) in [6.07, 6.45) is -4.71. The number of hydrogen-bond acceptors (Lipinski definition) is 6. The third-order valence-electron chi connectivity index (χ3n) is 3.83. The Labute approximate surface area is 151 Å². The van der Waals surface area contributed by atoms with Crippen LogP contribution in [0.2, 0.25) is 0 Å². The number of hydrogen-bond donors (Lipinski definition) is 2. The van der Waals surface area contributed by atoms with Crippen molar-refractivity contribution in [2.24, 2.45) is 0 Å². The van der Waals surface area contributed by atoms with E-state index in [9.17, 15) is 28.1 Å². The van der Waals surface area contributed by atoms with Gasteiger partial charge in [-0.1, -0.05) is 5.16 Å². The van der Waals surface area contributed by atoms with Gasteiger partial charge in [0, 0.05) is 31.1 Å². The van der Waals surface area contributed by atoms with Gasteiger partial charge in [-0.15, -0.1) is 0 Å². The first-order chi connectivity index (χ1) is 12.6. The summed E-state index contributed by atoms with van der Waals surface area (Å²) in [5, 5.41) is 20.0. The van der Waals surface area contributed by atoms with E-state index in [1.54, 1.807) is 13.8 Å². The maximum Gasteiger partial charge on any atom is 0.416 e. The number of amides is 1. The molecule has 1 amide bonds. The second kappa shape index (κ2) is 8.06. The van der Waals surface area contributed by atoms with E-state index in [0.717, 1.165) is 17.7 Å². The molecule has 8 nitrogen and oxygen atoms in total. The van der Waals surface area contributed by atoms with E-state index in [4.69, 9.17) is 4.52 Å². The number of carbonyl (C=O) groups is 1. The lowest BCUT2D eigenvalue weighted by molar-refractivity contribution is -0.384. The molecule has 0 unspecified atom stereocenters. The van der Waals surface area contributed by atoms with E-state index < -0.39 is 22.4 Å². The van der Waals surface area contributed by atoms with Gasteiger partial charge in [-0.25, -0.2) is 0 Å². The third-order valence-corrected chi connectivity index (χ3v) is 3.83. The number of nitro benzene ring substituents is 1. The third kappa shape index (κ3) is 5.19. The van der Waals surface area contributed by atoms with Gasteiger partial charge in [0.05, 0.1) is 16.2 Å². The Morgan fingerprint density at radius 2 is 2.04 bits per heavy atom. The number of carbonyl (C=O) groups excluding carboxylic acids is 1. The van der Waals surface area contributed by atoms with Gasteiger partial charge < -0.3 is 15.2 Å². The lowest BCUT2D eigenvalue weighted by atomic mass is 10.1. The van der Waals surface area contributed by atoms with Gasteiger partial charge in [0.15, 0.2) is 0 Å². The Balaban J connectivity index is 1.92. The first-order valence-corrected chi connectivity index (χ1v) is 7.87. The molecule has 146 valence electrons. The topological polar surface area (TPSA) is 110 Å². The highest BCUT2D eigenvalue weighted by Crippen LogP contribution is 2.34. The lowest BCUT2D eigenvalue weighted by Crippen LogP contribution is -2.25. The molecule has 0 saturated heterocycles. The van der Waals surface area contributed by atoms with Gasteiger partial charge in [0.2, 0.25) is 5.91 Å². The monoisotopic (exact) mass is 386 g/mol. The zero-order valence-electron chi connectivity index (χ0n) is 14.5. The van der Waals surface area contributed by atoms with Gasteiger partial charge in [-0.05, 0) is 26.0 Å². The van der Waals surface area contributed by atoms with Crippen molar-refractivity contribution in [1.82, 2.24) is 10.5 Å². The molecular weight excluding hydrogens is 369 g/mol. The molecule has 0 bridgehead atoms. The largest absolute Gasteiger partial charge is 0.416 e. The van der Waals surface area contributed by atoms with Crippen LogP contribution in [-0.4, -0.2) is 22.5 Å². The Kier molecular flexibility index (Phi) is 6.03. The normalized spacial score (nSPS) is 11.3. The Bertz CT molecular complexity index is 829. The highest BCUT2D eigenvalue weighted by molar-refractivity contribution is 5.76. The van der Waals surface area contributed by atoms with Crippen LogP contribution in [0.4, 0.5) is 24.5 Å². The molecule has 0 aliphatic heterocycles. The van der Waals surface area contributed by atoms with Gasteiger partial charge in [0.1, 0.15) is 11.4 Å². The zero-order chi connectivity index (χ0) is 20.2. The molecule has 0 spiro atoms. The number of benzene rings is 1. The molecule has 1 aromatic heterocycles. The minimum Gasteiger partial charge on any atom is -0.379 e. The molecule has 11 heteroatoms. The van der Waals surface area contributed by atoms with Crippen molar-refractivity contribution in [3.63, 3.8) is 0 Å². The maximum absolute atomic E-state index is 12.7. The summed E-state index contributed by atoms with van der Waals surface area (Å²) in [7, 11) is 0. The molecule has 1 heterocycles. The first-order valence-electron chi connectivity index (χ1n) is 7.87. The van der Waals surface area contributed by atoms with E-state index in [-0.39, 0.29) is 31.1 Å². The molecule has 0 radical (unpaired) electrons. The van der Waals surface area contributed by atoms with Crippen molar-refractivity contribution in [3.8, 4) is 0 Å². The number of halogens is 3. The Hall–Kier alpha value is -3.11. The molecular formula is C16H17F3N4O4. The molecule has 0 aliphatic rings. The number of rotatable bonds is 7. The van der Waals surface area contributed by atoms with Gasteiger partial charge >= 0.3 is 6.18 Å². The summed E-state index contributed by atoms with van der Waals surface area (Å²) in [6.45, 7) is 3.69. The van der Waals surface area contributed by atoms with Gasteiger partial charge in [-0.2, -0.15) is 13.2 Å². The van der Waals surface area contributed by atoms with Gasteiger partial charge in [-0.3, -0.25) is 14.9 Å². The minimum atomic E-state index is -4.68. The fraction of sp³-hybridized carbons (Fsp3) is 0.375. The van der Waals surface area contributed by atoms with E-state index in [1.807, 2.05) is 0 Å². The SMILES string of the molecule is Cc1noc(C)c1CNC(=O)CCNc1ccc(C(F)(F)F)cc1[N+](=O)[O-]. The molecule has 0 fully saturated rings. The number of nitro groups is 1. The van der Waals surface area contributed by atoms with Crippen molar-refractivity contribution < 1.29 is 27.4 Å². The average molecular weight is 386 g/mol. The second-order valence-electron chi connectivity index (χ2n) is 5.74. The van der Waals surface area contributed by atoms with Crippen molar-refractivity contribution in [2.45, 2.75) is 33.0 Å². The fourth-order valence-electron chi connectivity index (χ4n) is 2.35. The zero-order valence-corrected chi connectivity index (χ0v) is 14.5. The van der Waals surface area contributed by atoms with Gasteiger partial charge in [0.25, 0.3) is 5.69 Å². The van der Waals surface area contributed by atoms with Crippen LogP contribution in [0.25, 0.3) is 0 Å². The number of anilines is 1. The van der Waals surface area contributed by atoms with E-state index in [2.05, 4.69) is 15.8 Å². The maximum atomic E-state index is 12.7. The van der Waals surface area contributed by atoms with Crippen LogP contribution in [0.1, 0.15) is 29.0 Å². The van der Waals surface area contributed by atoms with Crippen LogP contribution >= 0.6 is 0 Å². The van der Waals surface area contributed by atoms with E-state index in [0.29, 0.717) is 17.5 Å². The van der Waals surface area contributed by atoms with Crippen LogP contribution in [0, 0.1) is 24.0 Å². The Morgan fingerprint density at radius 3 is 2.59 bits per heavy atom. The second-order valence-corrected chi connectivity index (χ2v) is 5.74. The van der Waals surface area contributed by atoms with Crippen LogP contribution in [0.3, 0.4) is 0 Å². The molecule has 0 aliphatic carbocycles. The smallest absolute Gasteiger partial charge is 0.379 e. The average Bonchev–Trinajstić information content (AvgIpc) is 2.90. The summed E-state index contributed by atoms with van der Waals surface area (Å²) < 4.78 is 43.0. The van der Waals surface area contributed by atoms with Crippen LogP contribution < -0.4 is 10.6 Å². The lowest BCUT2D eigenvalue weighted by Gasteiger charge is -2.10. The molecule has 27 heavy (non-hydrogen) atoms. The summed E-state index contributed by atoms with van der Waals surface area (Å²) in [5.41, 5.74) is -0.495. The number of nitrogens with one attached hydrogen (secondary N) is 2. The van der Waals surface area contributed by atoms with Crippen molar-refractivity contribution in [1.29, 1.82) is 0 Å². The quantitative estimate of drug-likeness (QED) is 0.558. The van der Waals surface area contributed by atoms with E-state index >= 15 is 0 Å². The number of nitrogens with zero attached hydrogens (tertiary/aromatic N) is 2. The molecule has 0 atom stereocenters. The molecule has 1 aromatic carbocycles. The minimum absolute atomic E-state index is 0.0135. The van der Waals surface area contributed by atoms with Crippen molar-refractivity contribution in [2.75, 3.05) is 11.9 Å². The highest BCUT2D eigenvalue weighted by Gasteiger charge is 2.33. The first kappa shape index (κ1) is 20.2.